The van der Waals surface area contributed by atoms with Crippen molar-refractivity contribution in [3.8, 4) is 0 Å². The van der Waals surface area contributed by atoms with Crippen LogP contribution in [0.1, 0.15) is 56.6 Å². The van der Waals surface area contributed by atoms with Gasteiger partial charge >= 0.3 is 12.1 Å². The van der Waals surface area contributed by atoms with Crippen molar-refractivity contribution in [2.75, 3.05) is 19.6 Å². The average molecular weight is 385 g/mol. The van der Waals surface area contributed by atoms with Crippen LogP contribution in [-0.4, -0.2) is 35.6 Å². The maximum atomic E-state index is 12.6. The van der Waals surface area contributed by atoms with E-state index in [9.17, 15) is 23.1 Å². The Balaban J connectivity index is 1.74. The van der Waals surface area contributed by atoms with Crippen molar-refractivity contribution in [3.05, 3.63) is 35.4 Å². The van der Waals surface area contributed by atoms with Crippen LogP contribution in [-0.2, 0) is 17.4 Å². The van der Waals surface area contributed by atoms with Gasteiger partial charge in [-0.15, -0.1) is 0 Å². The van der Waals surface area contributed by atoms with E-state index in [1.54, 1.807) is 12.1 Å². The highest BCUT2D eigenvalue weighted by Crippen LogP contribution is 2.30. The van der Waals surface area contributed by atoms with Gasteiger partial charge in [0.05, 0.1) is 11.5 Å². The molecule has 0 bridgehead atoms. The summed E-state index contributed by atoms with van der Waals surface area (Å²) in [5, 5.41) is 9.32. The first-order chi connectivity index (χ1) is 12.8. The van der Waals surface area contributed by atoms with E-state index >= 15 is 0 Å². The predicted octanol–water partition coefficient (Wildman–Crippen LogP) is 5.24. The molecule has 1 aliphatic heterocycles. The van der Waals surface area contributed by atoms with E-state index in [1.807, 2.05) is 0 Å². The highest BCUT2D eigenvalue weighted by Gasteiger charge is 2.30. The number of carboxylic acid groups (broad SMARTS) is 1. The number of carbonyl (C=O) groups is 1. The molecule has 2 rings (SSSR count). The van der Waals surface area contributed by atoms with Gasteiger partial charge in [0, 0.05) is 0 Å². The van der Waals surface area contributed by atoms with Crippen molar-refractivity contribution in [1.29, 1.82) is 0 Å². The first kappa shape index (κ1) is 21.7. The highest BCUT2D eigenvalue weighted by molar-refractivity contribution is 5.69. The standard InChI is InChI=1S/C21H30F3NO2/c1-2-3-4-18(20(26)27)11-14-25-12-9-17(10-13-25)15-16-5-7-19(8-6-16)21(22,23)24/h5-8,17-18H,2-4,9-15H2,1H3,(H,26,27). The van der Waals surface area contributed by atoms with E-state index in [4.69, 9.17) is 0 Å². The molecule has 1 saturated heterocycles. The Kier molecular flexibility index (Phi) is 8.14. The largest absolute Gasteiger partial charge is 0.481 e. The van der Waals surface area contributed by atoms with E-state index in [0.717, 1.165) is 75.9 Å². The minimum atomic E-state index is -4.28. The van der Waals surface area contributed by atoms with E-state index in [1.165, 1.54) is 0 Å². The first-order valence-electron chi connectivity index (χ1n) is 9.91. The first-order valence-corrected chi connectivity index (χ1v) is 9.91. The number of hydrogen-bond acceptors (Lipinski definition) is 2. The van der Waals surface area contributed by atoms with Gasteiger partial charge in [-0.25, -0.2) is 0 Å². The van der Waals surface area contributed by atoms with Gasteiger partial charge in [0.25, 0.3) is 0 Å². The lowest BCUT2D eigenvalue weighted by Crippen LogP contribution is -2.36. The third-order valence-corrected chi connectivity index (χ3v) is 5.56. The molecular weight excluding hydrogens is 355 g/mol. The lowest BCUT2D eigenvalue weighted by Gasteiger charge is -2.32. The van der Waals surface area contributed by atoms with E-state index < -0.39 is 17.7 Å². The minimum Gasteiger partial charge on any atom is -0.481 e. The number of rotatable bonds is 9. The number of halogens is 3. The van der Waals surface area contributed by atoms with Crippen molar-refractivity contribution in [2.45, 2.75) is 58.0 Å². The number of unbranched alkanes of at least 4 members (excludes halogenated alkanes) is 1. The zero-order chi connectivity index (χ0) is 19.9. The molecule has 1 atom stereocenters. The van der Waals surface area contributed by atoms with Gasteiger partial charge in [-0.1, -0.05) is 31.9 Å². The quantitative estimate of drug-likeness (QED) is 0.632. The zero-order valence-corrected chi connectivity index (χ0v) is 16.0. The molecule has 0 spiro atoms. The Hall–Kier alpha value is -1.56. The topological polar surface area (TPSA) is 40.5 Å². The summed E-state index contributed by atoms with van der Waals surface area (Å²) in [6.45, 7) is 4.75. The van der Waals surface area contributed by atoms with Crippen LogP contribution in [0.2, 0.25) is 0 Å². The van der Waals surface area contributed by atoms with Crippen LogP contribution >= 0.6 is 0 Å². The molecule has 152 valence electrons. The normalized spacial score (nSPS) is 17.8. The van der Waals surface area contributed by atoms with Gasteiger partial charge in [-0.3, -0.25) is 4.79 Å². The fraction of sp³-hybridized carbons (Fsp3) is 0.667. The number of hydrogen-bond donors (Lipinski definition) is 1. The van der Waals surface area contributed by atoms with Crippen molar-refractivity contribution in [1.82, 2.24) is 4.90 Å². The van der Waals surface area contributed by atoms with E-state index in [2.05, 4.69) is 11.8 Å². The molecular formula is C21H30F3NO2. The molecule has 0 radical (unpaired) electrons. The summed E-state index contributed by atoms with van der Waals surface area (Å²) in [6, 6.07) is 5.49. The summed E-state index contributed by atoms with van der Waals surface area (Å²) in [6.07, 6.45) is 1.94. The molecule has 1 fully saturated rings. The molecule has 1 aromatic carbocycles. The molecule has 6 heteroatoms. The molecule has 1 unspecified atom stereocenters. The van der Waals surface area contributed by atoms with Gasteiger partial charge in [-0.2, -0.15) is 13.2 Å². The maximum Gasteiger partial charge on any atom is 0.416 e. The molecule has 1 heterocycles. The lowest BCUT2D eigenvalue weighted by atomic mass is 9.89. The van der Waals surface area contributed by atoms with Crippen molar-refractivity contribution >= 4 is 5.97 Å². The summed E-state index contributed by atoms with van der Waals surface area (Å²) >= 11 is 0. The SMILES string of the molecule is CCCCC(CCN1CCC(Cc2ccc(C(F)(F)F)cc2)CC1)C(=O)O. The minimum absolute atomic E-state index is 0.255. The van der Waals surface area contributed by atoms with Crippen LogP contribution in [0.5, 0.6) is 0 Å². The van der Waals surface area contributed by atoms with Gasteiger partial charge in [-0.05, 0) is 75.4 Å². The number of alkyl halides is 3. The summed E-state index contributed by atoms with van der Waals surface area (Å²) in [5.74, 6) is -0.469. The summed E-state index contributed by atoms with van der Waals surface area (Å²) in [5.41, 5.74) is 0.351. The fourth-order valence-electron chi connectivity index (χ4n) is 3.76. The van der Waals surface area contributed by atoms with Gasteiger partial charge < -0.3 is 10.0 Å². The number of carboxylic acids is 1. The van der Waals surface area contributed by atoms with Crippen LogP contribution in [0.15, 0.2) is 24.3 Å². The number of likely N-dealkylation sites (tertiary alicyclic amines) is 1. The maximum absolute atomic E-state index is 12.6. The second-order valence-electron chi connectivity index (χ2n) is 7.65. The van der Waals surface area contributed by atoms with Crippen LogP contribution in [0.25, 0.3) is 0 Å². The van der Waals surface area contributed by atoms with E-state index in [0.29, 0.717) is 12.3 Å². The Morgan fingerprint density at radius 2 is 1.81 bits per heavy atom. The molecule has 27 heavy (non-hydrogen) atoms. The van der Waals surface area contributed by atoms with Crippen LogP contribution < -0.4 is 0 Å². The third kappa shape index (κ3) is 7.17. The number of nitrogens with zero attached hydrogens (tertiary/aromatic N) is 1. The third-order valence-electron chi connectivity index (χ3n) is 5.56. The smallest absolute Gasteiger partial charge is 0.416 e. The van der Waals surface area contributed by atoms with Gasteiger partial charge in [0.1, 0.15) is 0 Å². The highest BCUT2D eigenvalue weighted by atomic mass is 19.4. The Morgan fingerprint density at radius 1 is 1.19 bits per heavy atom. The number of benzene rings is 1. The second kappa shape index (κ2) is 10.1. The molecule has 1 aromatic rings. The molecule has 0 aromatic heterocycles. The Morgan fingerprint density at radius 3 is 2.33 bits per heavy atom. The molecule has 1 aliphatic rings. The second-order valence-corrected chi connectivity index (χ2v) is 7.65. The summed E-state index contributed by atoms with van der Waals surface area (Å²) < 4.78 is 37.9. The van der Waals surface area contributed by atoms with Crippen molar-refractivity contribution in [3.63, 3.8) is 0 Å². The van der Waals surface area contributed by atoms with Gasteiger partial charge in [0.15, 0.2) is 0 Å². The number of piperidine rings is 1. The summed E-state index contributed by atoms with van der Waals surface area (Å²) in [7, 11) is 0. The lowest BCUT2D eigenvalue weighted by molar-refractivity contribution is -0.142. The number of aliphatic carboxylic acids is 1. The predicted molar refractivity (Wildman–Crippen MR) is 99.6 cm³/mol. The molecule has 1 N–H and O–H groups in total. The molecule has 0 saturated carbocycles. The average Bonchev–Trinajstić information content (AvgIpc) is 2.62. The van der Waals surface area contributed by atoms with Crippen LogP contribution in [0.3, 0.4) is 0 Å². The van der Waals surface area contributed by atoms with E-state index in [-0.39, 0.29) is 5.92 Å². The molecule has 0 amide bonds. The van der Waals surface area contributed by atoms with Crippen molar-refractivity contribution < 1.29 is 23.1 Å². The zero-order valence-electron chi connectivity index (χ0n) is 16.0. The fourth-order valence-corrected chi connectivity index (χ4v) is 3.76. The molecule has 0 aliphatic carbocycles. The van der Waals surface area contributed by atoms with Crippen molar-refractivity contribution in [2.24, 2.45) is 11.8 Å². The Labute approximate surface area is 159 Å². The van der Waals surface area contributed by atoms with Crippen LogP contribution in [0.4, 0.5) is 13.2 Å². The Bertz CT molecular complexity index is 578. The monoisotopic (exact) mass is 385 g/mol. The van der Waals surface area contributed by atoms with Crippen LogP contribution in [0, 0.1) is 11.8 Å². The summed E-state index contributed by atoms with van der Waals surface area (Å²) in [4.78, 5) is 13.7. The molecule has 3 nitrogen and oxygen atoms in total. The van der Waals surface area contributed by atoms with Gasteiger partial charge in [0.2, 0.25) is 0 Å².